The lowest BCUT2D eigenvalue weighted by atomic mass is 10.2. The highest BCUT2D eigenvalue weighted by Crippen LogP contribution is 2.37. The Hall–Kier alpha value is -2.25. The van der Waals surface area contributed by atoms with Crippen molar-refractivity contribution in [3.63, 3.8) is 0 Å². The third-order valence-electron chi connectivity index (χ3n) is 3.39. The number of anilines is 1. The van der Waals surface area contributed by atoms with Gasteiger partial charge in [-0.3, -0.25) is 14.7 Å². The van der Waals surface area contributed by atoms with Crippen LogP contribution < -0.4 is 5.32 Å². The summed E-state index contributed by atoms with van der Waals surface area (Å²) in [6.45, 7) is 3.67. The molecule has 3 rings (SSSR count). The highest BCUT2D eigenvalue weighted by atomic mass is 16.5. The summed E-state index contributed by atoms with van der Waals surface area (Å²) in [4.78, 5) is 16.1. The van der Waals surface area contributed by atoms with E-state index in [-0.39, 0.29) is 5.91 Å². The molecule has 0 aromatic carbocycles. The van der Waals surface area contributed by atoms with E-state index in [4.69, 9.17) is 4.52 Å². The van der Waals surface area contributed by atoms with Crippen LogP contribution in [0.3, 0.4) is 0 Å². The van der Waals surface area contributed by atoms with Gasteiger partial charge in [0.15, 0.2) is 5.82 Å². The Morgan fingerprint density at radius 2 is 2.19 bits per heavy atom. The second kappa shape index (κ2) is 5.63. The Kier molecular flexibility index (Phi) is 3.68. The van der Waals surface area contributed by atoms with E-state index in [1.807, 2.05) is 11.5 Å². The Morgan fingerprint density at radius 3 is 2.86 bits per heavy atom. The molecule has 0 bridgehead atoms. The molecule has 0 aliphatic heterocycles. The van der Waals surface area contributed by atoms with Gasteiger partial charge in [0.2, 0.25) is 17.7 Å². The van der Waals surface area contributed by atoms with Gasteiger partial charge in [0.25, 0.3) is 0 Å². The van der Waals surface area contributed by atoms with Crippen molar-refractivity contribution in [2.45, 2.75) is 52.0 Å². The van der Waals surface area contributed by atoms with Crippen LogP contribution in [-0.2, 0) is 11.2 Å². The van der Waals surface area contributed by atoms with Crippen LogP contribution in [0.2, 0.25) is 0 Å². The van der Waals surface area contributed by atoms with Gasteiger partial charge < -0.3 is 4.52 Å². The third kappa shape index (κ3) is 3.26. The van der Waals surface area contributed by atoms with Crippen molar-refractivity contribution in [2.24, 2.45) is 0 Å². The molecule has 1 aliphatic carbocycles. The standard InChI is InChI=1S/C13H18N6O2/c1-8-14-12(21-18-8)5-3-4-11(20)15-13-17-16-9(2)19(13)10-6-7-10/h10H,3-7H2,1-2H3,(H,15,17,20). The maximum atomic E-state index is 12.0. The molecule has 1 fully saturated rings. The molecular formula is C13H18N6O2. The molecule has 2 aromatic heterocycles. The number of amides is 1. The molecule has 0 unspecified atom stereocenters. The molecule has 0 spiro atoms. The van der Waals surface area contributed by atoms with Crippen LogP contribution in [0.15, 0.2) is 4.52 Å². The van der Waals surface area contributed by atoms with Gasteiger partial charge in [-0.2, -0.15) is 4.98 Å². The van der Waals surface area contributed by atoms with E-state index in [0.717, 1.165) is 18.7 Å². The molecule has 1 amide bonds. The fourth-order valence-electron chi connectivity index (χ4n) is 2.25. The lowest BCUT2D eigenvalue weighted by Crippen LogP contribution is -2.16. The second-order valence-corrected chi connectivity index (χ2v) is 5.31. The van der Waals surface area contributed by atoms with Gasteiger partial charge in [-0.25, -0.2) is 0 Å². The first-order chi connectivity index (χ1) is 10.1. The number of carbonyl (C=O) groups is 1. The highest BCUT2D eigenvalue weighted by Gasteiger charge is 2.28. The maximum absolute atomic E-state index is 12.0. The SMILES string of the molecule is Cc1noc(CCCC(=O)Nc2nnc(C)n2C2CC2)n1. The van der Waals surface area contributed by atoms with Crippen LogP contribution in [0.5, 0.6) is 0 Å². The van der Waals surface area contributed by atoms with Crippen molar-refractivity contribution in [1.82, 2.24) is 24.9 Å². The zero-order valence-electron chi connectivity index (χ0n) is 12.2. The van der Waals surface area contributed by atoms with E-state index in [9.17, 15) is 4.79 Å². The molecule has 112 valence electrons. The van der Waals surface area contributed by atoms with E-state index in [1.165, 1.54) is 0 Å². The Balaban J connectivity index is 1.50. The number of hydrogen-bond acceptors (Lipinski definition) is 6. The maximum Gasteiger partial charge on any atom is 0.231 e. The van der Waals surface area contributed by atoms with E-state index >= 15 is 0 Å². The summed E-state index contributed by atoms with van der Waals surface area (Å²) in [5.41, 5.74) is 0. The summed E-state index contributed by atoms with van der Waals surface area (Å²) in [5, 5.41) is 14.6. The molecule has 1 saturated carbocycles. The predicted molar refractivity (Wildman–Crippen MR) is 73.6 cm³/mol. The lowest BCUT2D eigenvalue weighted by molar-refractivity contribution is -0.116. The Morgan fingerprint density at radius 1 is 1.38 bits per heavy atom. The molecule has 8 nitrogen and oxygen atoms in total. The van der Waals surface area contributed by atoms with Crippen molar-refractivity contribution >= 4 is 11.9 Å². The predicted octanol–water partition coefficient (Wildman–Crippen LogP) is 1.57. The zero-order chi connectivity index (χ0) is 14.8. The summed E-state index contributed by atoms with van der Waals surface area (Å²) >= 11 is 0. The van der Waals surface area contributed by atoms with Crippen LogP contribution in [-0.4, -0.2) is 30.8 Å². The van der Waals surface area contributed by atoms with Crippen LogP contribution >= 0.6 is 0 Å². The highest BCUT2D eigenvalue weighted by molar-refractivity contribution is 5.89. The van der Waals surface area contributed by atoms with Gasteiger partial charge in [0, 0.05) is 18.9 Å². The lowest BCUT2D eigenvalue weighted by Gasteiger charge is -2.07. The number of carbonyl (C=O) groups excluding carboxylic acids is 1. The topological polar surface area (TPSA) is 98.7 Å². The number of nitrogens with one attached hydrogen (secondary N) is 1. The smallest absolute Gasteiger partial charge is 0.231 e. The minimum absolute atomic E-state index is 0.0689. The monoisotopic (exact) mass is 290 g/mol. The fourth-order valence-corrected chi connectivity index (χ4v) is 2.25. The van der Waals surface area contributed by atoms with Crippen molar-refractivity contribution in [3.05, 3.63) is 17.5 Å². The quantitative estimate of drug-likeness (QED) is 0.867. The first kappa shape index (κ1) is 13.7. The average molecular weight is 290 g/mol. The molecule has 0 atom stereocenters. The fraction of sp³-hybridized carbons (Fsp3) is 0.615. The van der Waals surface area contributed by atoms with E-state index < -0.39 is 0 Å². The molecule has 21 heavy (non-hydrogen) atoms. The molecule has 2 aromatic rings. The number of hydrogen-bond donors (Lipinski definition) is 1. The van der Waals surface area contributed by atoms with E-state index in [0.29, 0.717) is 43.0 Å². The number of aryl methyl sites for hydroxylation is 3. The normalized spacial score (nSPS) is 14.4. The summed E-state index contributed by atoms with van der Waals surface area (Å²) in [6.07, 6.45) is 3.89. The van der Waals surface area contributed by atoms with Gasteiger partial charge in [-0.05, 0) is 33.1 Å². The molecule has 0 saturated heterocycles. The Bertz CT molecular complexity index is 643. The summed E-state index contributed by atoms with van der Waals surface area (Å²) in [7, 11) is 0. The molecule has 0 radical (unpaired) electrons. The van der Waals surface area contributed by atoms with Gasteiger partial charge in [-0.1, -0.05) is 5.16 Å². The molecule has 1 N–H and O–H groups in total. The molecule has 1 aliphatic rings. The Labute approximate surface area is 121 Å². The molecule has 8 heteroatoms. The second-order valence-electron chi connectivity index (χ2n) is 5.31. The van der Waals surface area contributed by atoms with Gasteiger partial charge in [0.05, 0.1) is 0 Å². The minimum atomic E-state index is -0.0689. The summed E-state index contributed by atoms with van der Waals surface area (Å²) in [6, 6.07) is 0.441. The first-order valence-corrected chi connectivity index (χ1v) is 7.14. The molecule has 2 heterocycles. The van der Waals surface area contributed by atoms with E-state index in [2.05, 4.69) is 25.7 Å². The van der Waals surface area contributed by atoms with Gasteiger partial charge >= 0.3 is 0 Å². The summed E-state index contributed by atoms with van der Waals surface area (Å²) in [5.74, 6) is 2.50. The van der Waals surface area contributed by atoms with Crippen LogP contribution in [0.25, 0.3) is 0 Å². The third-order valence-corrected chi connectivity index (χ3v) is 3.39. The van der Waals surface area contributed by atoms with Gasteiger partial charge in [-0.15, -0.1) is 10.2 Å². The van der Waals surface area contributed by atoms with Gasteiger partial charge in [0.1, 0.15) is 5.82 Å². The first-order valence-electron chi connectivity index (χ1n) is 7.14. The van der Waals surface area contributed by atoms with Crippen LogP contribution in [0, 0.1) is 13.8 Å². The zero-order valence-corrected chi connectivity index (χ0v) is 12.2. The van der Waals surface area contributed by atoms with Crippen LogP contribution in [0.4, 0.5) is 5.95 Å². The number of aromatic nitrogens is 5. The largest absolute Gasteiger partial charge is 0.339 e. The summed E-state index contributed by atoms with van der Waals surface area (Å²) < 4.78 is 7.01. The van der Waals surface area contributed by atoms with Crippen molar-refractivity contribution < 1.29 is 9.32 Å². The van der Waals surface area contributed by atoms with Crippen molar-refractivity contribution in [1.29, 1.82) is 0 Å². The average Bonchev–Trinajstić information content (AvgIpc) is 3.09. The van der Waals surface area contributed by atoms with Crippen LogP contribution in [0.1, 0.15) is 49.3 Å². The number of rotatable bonds is 6. The minimum Gasteiger partial charge on any atom is -0.339 e. The van der Waals surface area contributed by atoms with Crippen molar-refractivity contribution in [3.8, 4) is 0 Å². The van der Waals surface area contributed by atoms with Crippen molar-refractivity contribution in [2.75, 3.05) is 5.32 Å². The molecular weight excluding hydrogens is 272 g/mol. The number of nitrogens with zero attached hydrogens (tertiary/aromatic N) is 5. The van der Waals surface area contributed by atoms with E-state index in [1.54, 1.807) is 6.92 Å².